The van der Waals surface area contributed by atoms with E-state index in [4.69, 9.17) is 26.4 Å². The van der Waals surface area contributed by atoms with E-state index in [2.05, 4.69) is 0 Å². The molecule has 0 aliphatic carbocycles. The van der Waals surface area contributed by atoms with E-state index in [-0.39, 0.29) is 12.6 Å². The van der Waals surface area contributed by atoms with Crippen LogP contribution in [0.1, 0.15) is 6.42 Å². The van der Waals surface area contributed by atoms with Gasteiger partial charge in [0, 0.05) is 6.04 Å². The number of hydrogen-bond acceptors (Lipinski definition) is 5. The molecule has 0 aromatic carbocycles. The smallest absolute Gasteiger partial charge is 0.170 e. The molecular formula is C6H14N2O3. The van der Waals surface area contributed by atoms with Crippen LogP contribution >= 0.6 is 0 Å². The summed E-state index contributed by atoms with van der Waals surface area (Å²) in [6.07, 6.45) is -0.997. The van der Waals surface area contributed by atoms with Crippen molar-refractivity contribution in [1.82, 2.24) is 0 Å². The van der Waals surface area contributed by atoms with Crippen LogP contribution in [0.2, 0.25) is 0 Å². The summed E-state index contributed by atoms with van der Waals surface area (Å²) in [5, 5.41) is 17.8. The maximum atomic E-state index is 9.08. The predicted molar refractivity (Wildman–Crippen MR) is 38.5 cm³/mol. The van der Waals surface area contributed by atoms with E-state index in [1.54, 1.807) is 0 Å². The molecular weight excluding hydrogens is 148 g/mol. The molecule has 1 heterocycles. The third-order valence-corrected chi connectivity index (χ3v) is 1.88. The molecule has 1 aliphatic rings. The molecule has 0 spiro atoms. The lowest BCUT2D eigenvalue weighted by Crippen LogP contribution is -2.55. The first-order chi connectivity index (χ1) is 5.15. The Bertz CT molecular complexity index is 133. The third-order valence-electron chi connectivity index (χ3n) is 1.88. The molecule has 1 saturated heterocycles. The molecule has 4 atom stereocenters. The van der Waals surface area contributed by atoms with Gasteiger partial charge in [-0.15, -0.1) is 0 Å². The monoisotopic (exact) mass is 162 g/mol. The zero-order valence-corrected chi connectivity index (χ0v) is 6.18. The van der Waals surface area contributed by atoms with Crippen molar-refractivity contribution in [3.05, 3.63) is 0 Å². The third kappa shape index (κ3) is 1.88. The van der Waals surface area contributed by atoms with Gasteiger partial charge in [-0.05, 0) is 6.42 Å². The molecule has 0 saturated carbocycles. The van der Waals surface area contributed by atoms with Gasteiger partial charge in [0.15, 0.2) is 6.29 Å². The Morgan fingerprint density at radius 1 is 1.36 bits per heavy atom. The first-order valence-corrected chi connectivity index (χ1v) is 3.60. The Labute approximate surface area is 64.9 Å². The summed E-state index contributed by atoms with van der Waals surface area (Å²) >= 11 is 0. The number of aliphatic hydroxyl groups is 2. The van der Waals surface area contributed by atoms with Gasteiger partial charge in [-0.3, -0.25) is 0 Å². The molecule has 0 amide bonds. The average molecular weight is 162 g/mol. The Morgan fingerprint density at radius 2 is 2.00 bits per heavy atom. The number of hydrogen-bond donors (Lipinski definition) is 4. The topological polar surface area (TPSA) is 102 Å². The Kier molecular flexibility index (Phi) is 2.80. The summed E-state index contributed by atoms with van der Waals surface area (Å²) in [6.45, 7) is -0.176. The molecule has 66 valence electrons. The Balaban J connectivity index is 2.48. The van der Waals surface area contributed by atoms with Crippen molar-refractivity contribution in [3.8, 4) is 0 Å². The van der Waals surface area contributed by atoms with Gasteiger partial charge in [-0.1, -0.05) is 0 Å². The molecule has 0 radical (unpaired) electrons. The van der Waals surface area contributed by atoms with Crippen LogP contribution in [0.25, 0.3) is 0 Å². The van der Waals surface area contributed by atoms with Crippen molar-refractivity contribution >= 4 is 0 Å². The van der Waals surface area contributed by atoms with E-state index >= 15 is 0 Å². The summed E-state index contributed by atoms with van der Waals surface area (Å²) in [4.78, 5) is 0. The molecule has 11 heavy (non-hydrogen) atoms. The summed E-state index contributed by atoms with van der Waals surface area (Å²) in [7, 11) is 0. The highest BCUT2D eigenvalue weighted by Gasteiger charge is 2.32. The first-order valence-electron chi connectivity index (χ1n) is 3.60. The van der Waals surface area contributed by atoms with Crippen LogP contribution in [-0.4, -0.2) is 41.3 Å². The van der Waals surface area contributed by atoms with Crippen LogP contribution in [0.3, 0.4) is 0 Å². The fraction of sp³-hybridized carbons (Fsp3) is 1.00. The number of ether oxygens (including phenoxy) is 1. The molecule has 0 unspecified atom stereocenters. The second kappa shape index (κ2) is 3.46. The summed E-state index contributed by atoms with van der Waals surface area (Å²) in [5.41, 5.74) is 11.0. The molecule has 6 N–H and O–H groups in total. The van der Waals surface area contributed by atoms with Gasteiger partial charge in [0.25, 0.3) is 0 Å². The van der Waals surface area contributed by atoms with E-state index in [1.807, 2.05) is 0 Å². The molecule has 0 bridgehead atoms. The summed E-state index contributed by atoms with van der Waals surface area (Å²) in [6, 6.07) is -0.716. The Morgan fingerprint density at radius 3 is 2.55 bits per heavy atom. The largest absolute Gasteiger partial charge is 0.394 e. The summed E-state index contributed by atoms with van der Waals surface area (Å²) < 4.78 is 4.92. The van der Waals surface area contributed by atoms with E-state index < -0.39 is 18.4 Å². The van der Waals surface area contributed by atoms with Crippen LogP contribution in [0, 0.1) is 0 Å². The van der Waals surface area contributed by atoms with Crippen LogP contribution in [0.5, 0.6) is 0 Å². The van der Waals surface area contributed by atoms with Gasteiger partial charge < -0.3 is 26.4 Å². The SMILES string of the molecule is N[C@@H]1C[C@H](N)[C@@H](CO)O[C@@H]1O. The van der Waals surface area contributed by atoms with Crippen LogP contribution in [0.4, 0.5) is 0 Å². The summed E-state index contributed by atoms with van der Waals surface area (Å²) in [5.74, 6) is 0. The molecule has 0 aromatic heterocycles. The van der Waals surface area contributed by atoms with Crippen molar-refractivity contribution < 1.29 is 14.9 Å². The van der Waals surface area contributed by atoms with Crippen LogP contribution in [-0.2, 0) is 4.74 Å². The highest BCUT2D eigenvalue weighted by molar-refractivity contribution is 4.84. The van der Waals surface area contributed by atoms with Gasteiger partial charge in [0.05, 0.1) is 18.8 Å². The lowest BCUT2D eigenvalue weighted by Gasteiger charge is -2.34. The van der Waals surface area contributed by atoms with E-state index in [9.17, 15) is 0 Å². The second-order valence-electron chi connectivity index (χ2n) is 2.81. The minimum atomic E-state index is -0.994. The van der Waals surface area contributed by atoms with Gasteiger partial charge >= 0.3 is 0 Å². The second-order valence-corrected chi connectivity index (χ2v) is 2.81. The molecule has 1 rings (SSSR count). The lowest BCUT2D eigenvalue weighted by atomic mass is 10.00. The quantitative estimate of drug-likeness (QED) is 0.348. The Hall–Kier alpha value is -0.200. The number of aliphatic hydroxyl groups excluding tert-OH is 2. The first kappa shape index (κ1) is 8.89. The van der Waals surface area contributed by atoms with Gasteiger partial charge in [-0.25, -0.2) is 0 Å². The van der Waals surface area contributed by atoms with Crippen LogP contribution < -0.4 is 11.5 Å². The standard InChI is InChI=1S/C6H14N2O3/c7-3-1-4(8)6(10)11-5(3)2-9/h3-6,9-10H,1-2,7-8H2/t3-,4+,5+,6-/m0/s1. The number of rotatable bonds is 1. The maximum Gasteiger partial charge on any atom is 0.170 e. The van der Waals surface area contributed by atoms with Crippen LogP contribution in [0.15, 0.2) is 0 Å². The maximum absolute atomic E-state index is 9.08. The zero-order valence-electron chi connectivity index (χ0n) is 6.18. The van der Waals surface area contributed by atoms with E-state index in [0.29, 0.717) is 6.42 Å². The van der Waals surface area contributed by atoms with E-state index in [0.717, 1.165) is 0 Å². The number of nitrogens with two attached hydrogens (primary N) is 2. The molecule has 1 aliphatic heterocycles. The average Bonchev–Trinajstić information content (AvgIpc) is 1.97. The lowest BCUT2D eigenvalue weighted by molar-refractivity contribution is -0.187. The fourth-order valence-corrected chi connectivity index (χ4v) is 1.14. The highest BCUT2D eigenvalue weighted by atomic mass is 16.6. The fourth-order valence-electron chi connectivity index (χ4n) is 1.14. The van der Waals surface area contributed by atoms with Gasteiger partial charge in [0.2, 0.25) is 0 Å². The minimum Gasteiger partial charge on any atom is -0.394 e. The van der Waals surface area contributed by atoms with Crippen molar-refractivity contribution in [1.29, 1.82) is 0 Å². The predicted octanol–water partition coefficient (Wildman–Crippen LogP) is -2.26. The van der Waals surface area contributed by atoms with Gasteiger partial charge in [-0.2, -0.15) is 0 Å². The normalized spacial score (nSPS) is 45.8. The van der Waals surface area contributed by atoms with Crippen molar-refractivity contribution in [2.75, 3.05) is 6.61 Å². The van der Waals surface area contributed by atoms with E-state index in [1.165, 1.54) is 0 Å². The van der Waals surface area contributed by atoms with Crippen molar-refractivity contribution in [2.45, 2.75) is 30.9 Å². The van der Waals surface area contributed by atoms with Crippen molar-refractivity contribution in [3.63, 3.8) is 0 Å². The minimum absolute atomic E-state index is 0.176. The molecule has 5 nitrogen and oxygen atoms in total. The highest BCUT2D eigenvalue weighted by Crippen LogP contribution is 2.15. The zero-order chi connectivity index (χ0) is 8.43. The van der Waals surface area contributed by atoms with Crippen molar-refractivity contribution in [2.24, 2.45) is 11.5 Å². The molecule has 5 heteroatoms. The van der Waals surface area contributed by atoms with Gasteiger partial charge in [0.1, 0.15) is 0 Å². The molecule has 1 fully saturated rings. The molecule has 0 aromatic rings.